The summed E-state index contributed by atoms with van der Waals surface area (Å²) >= 11 is 7.23. The zero-order valence-corrected chi connectivity index (χ0v) is 30.2. The predicted molar refractivity (Wildman–Crippen MR) is 199 cm³/mol. The van der Waals surface area contributed by atoms with Gasteiger partial charge < -0.3 is 15.4 Å². The van der Waals surface area contributed by atoms with E-state index in [0.717, 1.165) is 82.4 Å². The zero-order chi connectivity index (χ0) is 36.0. The summed E-state index contributed by atoms with van der Waals surface area (Å²) in [6, 6.07) is 14.3. The van der Waals surface area contributed by atoms with E-state index in [1.807, 2.05) is 43.3 Å². The number of carbonyl (C=O) groups excluding carboxylic acids is 1. The largest absolute Gasteiger partial charge is 0.481 e. The number of methoxy groups -OCH3 is 1. The van der Waals surface area contributed by atoms with Crippen molar-refractivity contribution >= 4 is 40.0 Å². The summed E-state index contributed by atoms with van der Waals surface area (Å²) in [5.74, 6) is 1.06. The first-order valence-electron chi connectivity index (χ1n) is 17.2. The fourth-order valence-corrected chi connectivity index (χ4v) is 7.87. The molecule has 264 valence electrons. The second kappa shape index (κ2) is 13.9. The molecule has 4 heterocycles. The van der Waals surface area contributed by atoms with E-state index in [1.54, 1.807) is 14.2 Å². The third-order valence-corrected chi connectivity index (χ3v) is 10.8. The summed E-state index contributed by atoms with van der Waals surface area (Å²) < 4.78 is 8.29. The average Bonchev–Trinajstić information content (AvgIpc) is 3.57. The highest BCUT2D eigenvalue weighted by Gasteiger charge is 2.32. The summed E-state index contributed by atoms with van der Waals surface area (Å²) in [6.07, 6.45) is 6.70. The molecule has 5 aromatic rings. The molecule has 0 saturated carbocycles. The molecule has 2 aromatic carbocycles. The maximum atomic E-state index is 13.2. The van der Waals surface area contributed by atoms with Crippen LogP contribution in [0.5, 0.6) is 5.88 Å². The number of pyridine rings is 1. The first-order valence-corrected chi connectivity index (χ1v) is 17.6. The number of aromatic nitrogens is 5. The van der Waals surface area contributed by atoms with Gasteiger partial charge in [-0.05, 0) is 74.9 Å². The van der Waals surface area contributed by atoms with E-state index < -0.39 is 11.2 Å². The third kappa shape index (κ3) is 6.27. The summed E-state index contributed by atoms with van der Waals surface area (Å²) in [5, 5.41) is 7.23. The Hall–Kier alpha value is -5.07. The lowest BCUT2D eigenvalue weighted by molar-refractivity contribution is -0.123. The average molecular weight is 709 g/mol. The van der Waals surface area contributed by atoms with Crippen LogP contribution in [0.3, 0.4) is 0 Å². The van der Waals surface area contributed by atoms with Crippen molar-refractivity contribution in [2.45, 2.75) is 57.5 Å². The number of carbonyl (C=O) groups is 1. The van der Waals surface area contributed by atoms with Gasteiger partial charge in [0.1, 0.15) is 17.5 Å². The van der Waals surface area contributed by atoms with Gasteiger partial charge in [0.15, 0.2) is 5.65 Å². The van der Waals surface area contributed by atoms with Crippen LogP contribution < -0.4 is 26.6 Å². The number of anilines is 2. The fraction of sp³-hybridized carbons (Fsp3) is 0.368. The Morgan fingerprint density at radius 3 is 2.57 bits per heavy atom. The van der Waals surface area contributed by atoms with Crippen molar-refractivity contribution in [2.75, 3.05) is 26.0 Å². The Kier molecular flexibility index (Phi) is 9.38. The molecule has 13 heteroatoms. The molecule has 1 amide bonds. The number of nitrogens with one attached hydrogen (secondary N) is 2. The standard InChI is InChI=1S/C38H41ClN8O4/c1-21-24(10-8-13-27(21)43-34-32-35(41-20-40-34)46(3)38(50)47(4)37(32)49)25-11-7-12-26(33(25)39)28-19-22-15-16-29(31(22)36(44-28)51-5)45(2)18-17-23-9-6-14-30(48)42-23/h7-8,10-13,19-20,23,29H,6,9,14-18H2,1-5H3,(H,42,48)(H,40,41,43). The van der Waals surface area contributed by atoms with Crippen molar-refractivity contribution in [3.8, 4) is 28.3 Å². The molecule has 51 heavy (non-hydrogen) atoms. The molecule has 2 aliphatic rings. The minimum Gasteiger partial charge on any atom is -0.481 e. The number of nitrogens with zero attached hydrogens (tertiary/aromatic N) is 6. The summed E-state index contributed by atoms with van der Waals surface area (Å²) in [6.45, 7) is 2.85. The molecule has 1 saturated heterocycles. The monoisotopic (exact) mass is 708 g/mol. The van der Waals surface area contributed by atoms with Gasteiger partial charge in [-0.2, -0.15) is 0 Å². The molecule has 0 spiro atoms. The van der Waals surface area contributed by atoms with Crippen LogP contribution >= 0.6 is 11.6 Å². The highest BCUT2D eigenvalue weighted by Crippen LogP contribution is 2.44. The molecule has 1 aliphatic carbocycles. The van der Waals surface area contributed by atoms with E-state index in [1.165, 1.54) is 23.5 Å². The highest BCUT2D eigenvalue weighted by atomic mass is 35.5. The maximum absolute atomic E-state index is 13.2. The first kappa shape index (κ1) is 34.4. The minimum absolute atomic E-state index is 0.153. The van der Waals surface area contributed by atoms with Crippen LogP contribution in [0, 0.1) is 6.92 Å². The van der Waals surface area contributed by atoms with Gasteiger partial charge in [-0.3, -0.25) is 23.6 Å². The highest BCUT2D eigenvalue weighted by molar-refractivity contribution is 6.36. The van der Waals surface area contributed by atoms with Gasteiger partial charge in [0, 0.05) is 61.5 Å². The topological polar surface area (TPSA) is 136 Å². The molecular formula is C38H41ClN8O4. The van der Waals surface area contributed by atoms with Gasteiger partial charge >= 0.3 is 5.69 Å². The lowest BCUT2D eigenvalue weighted by Gasteiger charge is -2.29. The molecule has 1 fully saturated rings. The van der Waals surface area contributed by atoms with Crippen LogP contribution in [-0.4, -0.2) is 61.6 Å². The van der Waals surface area contributed by atoms with Gasteiger partial charge in [-0.25, -0.2) is 19.7 Å². The number of ether oxygens (including phenoxy) is 1. The van der Waals surface area contributed by atoms with Crippen LogP contribution in [0.15, 0.2) is 58.4 Å². The first-order chi connectivity index (χ1) is 24.6. The Morgan fingerprint density at radius 2 is 1.78 bits per heavy atom. The number of hydrogen-bond donors (Lipinski definition) is 2. The number of aryl methyl sites for hydroxylation is 2. The van der Waals surface area contributed by atoms with Gasteiger partial charge in [0.25, 0.3) is 5.56 Å². The van der Waals surface area contributed by atoms with Crippen molar-refractivity contribution in [3.63, 3.8) is 0 Å². The molecule has 0 radical (unpaired) electrons. The molecule has 7 rings (SSSR count). The number of amides is 1. The van der Waals surface area contributed by atoms with Crippen molar-refractivity contribution in [1.29, 1.82) is 0 Å². The third-order valence-electron chi connectivity index (χ3n) is 10.4. The molecule has 2 atom stereocenters. The Bertz CT molecular complexity index is 2300. The lowest BCUT2D eigenvalue weighted by atomic mass is 9.96. The SMILES string of the molecule is COc1nc(-c2cccc(-c3cccc(Nc4ncnc5c4c(=O)n(C)c(=O)n5C)c3C)c2Cl)cc2c1C(N(C)CCC1CCCC(=O)N1)CC2. The van der Waals surface area contributed by atoms with Gasteiger partial charge in [0.05, 0.1) is 17.8 Å². The number of piperidine rings is 1. The quantitative estimate of drug-likeness (QED) is 0.205. The number of halogens is 1. The summed E-state index contributed by atoms with van der Waals surface area (Å²) in [7, 11) is 6.81. The Labute approximate surface area is 300 Å². The molecule has 1 aliphatic heterocycles. The van der Waals surface area contributed by atoms with Crippen LogP contribution in [0.4, 0.5) is 11.5 Å². The van der Waals surface area contributed by atoms with Gasteiger partial charge in [-0.15, -0.1) is 0 Å². The summed E-state index contributed by atoms with van der Waals surface area (Å²) in [5.41, 5.74) is 6.50. The van der Waals surface area contributed by atoms with Crippen LogP contribution in [-0.2, 0) is 25.3 Å². The maximum Gasteiger partial charge on any atom is 0.332 e. The van der Waals surface area contributed by atoms with Crippen molar-refractivity contribution in [1.82, 2.24) is 34.3 Å². The Morgan fingerprint density at radius 1 is 1.02 bits per heavy atom. The van der Waals surface area contributed by atoms with Gasteiger partial charge in [-0.1, -0.05) is 41.9 Å². The lowest BCUT2D eigenvalue weighted by Crippen LogP contribution is -2.40. The second-order valence-corrected chi connectivity index (χ2v) is 13.8. The minimum atomic E-state index is -0.481. The van der Waals surface area contributed by atoms with E-state index in [-0.39, 0.29) is 29.0 Å². The number of benzene rings is 2. The molecular weight excluding hydrogens is 668 g/mol. The van der Waals surface area contributed by atoms with E-state index >= 15 is 0 Å². The predicted octanol–water partition coefficient (Wildman–Crippen LogP) is 5.45. The zero-order valence-electron chi connectivity index (χ0n) is 29.4. The fourth-order valence-electron chi connectivity index (χ4n) is 7.55. The Balaban J connectivity index is 1.19. The molecule has 2 unspecified atom stereocenters. The molecule has 0 bridgehead atoms. The number of fused-ring (bicyclic) bond motifs is 2. The second-order valence-electron chi connectivity index (χ2n) is 13.5. The molecule has 12 nitrogen and oxygen atoms in total. The van der Waals surface area contributed by atoms with Crippen LogP contribution in [0.1, 0.15) is 54.8 Å². The van der Waals surface area contributed by atoms with Crippen molar-refractivity contribution in [2.24, 2.45) is 14.1 Å². The van der Waals surface area contributed by atoms with Crippen LogP contribution in [0.25, 0.3) is 33.4 Å². The molecule has 2 N–H and O–H groups in total. The smallest absolute Gasteiger partial charge is 0.332 e. The van der Waals surface area contributed by atoms with E-state index in [2.05, 4.69) is 38.6 Å². The van der Waals surface area contributed by atoms with E-state index in [9.17, 15) is 14.4 Å². The molecule has 3 aromatic heterocycles. The number of rotatable bonds is 9. The normalized spacial score (nSPS) is 17.1. The van der Waals surface area contributed by atoms with Crippen molar-refractivity contribution < 1.29 is 9.53 Å². The van der Waals surface area contributed by atoms with E-state index in [0.29, 0.717) is 23.1 Å². The van der Waals surface area contributed by atoms with Crippen LogP contribution in [0.2, 0.25) is 5.02 Å². The summed E-state index contributed by atoms with van der Waals surface area (Å²) in [4.78, 5) is 53.5. The van der Waals surface area contributed by atoms with Crippen molar-refractivity contribution in [3.05, 3.63) is 91.3 Å². The van der Waals surface area contributed by atoms with E-state index in [4.69, 9.17) is 21.3 Å². The number of hydrogen-bond acceptors (Lipinski definition) is 9. The van der Waals surface area contributed by atoms with Gasteiger partial charge in [0.2, 0.25) is 11.8 Å².